The molecule has 1 N–H and O–H groups in total. The van der Waals surface area contributed by atoms with Gasteiger partial charge in [0.1, 0.15) is 17.6 Å². The molecule has 0 aliphatic rings. The highest BCUT2D eigenvalue weighted by atomic mass is 16.2. The molecule has 0 saturated carbocycles. The molecule has 1 amide bonds. The zero-order chi connectivity index (χ0) is 12.2. The molecule has 0 aliphatic heterocycles. The maximum atomic E-state index is 11.5. The highest BCUT2D eigenvalue weighted by molar-refractivity contribution is 5.84. The van der Waals surface area contributed by atoms with Crippen LogP contribution in [0, 0.1) is 16.7 Å². The summed E-state index contributed by atoms with van der Waals surface area (Å²) in [5.41, 5.74) is -0.986. The Bertz CT molecular complexity index is 415. The first-order chi connectivity index (χ1) is 7.47. The molecule has 16 heavy (non-hydrogen) atoms. The van der Waals surface area contributed by atoms with Crippen LogP contribution >= 0.6 is 0 Å². The third kappa shape index (κ3) is 2.79. The Hall–Kier alpha value is -1.90. The van der Waals surface area contributed by atoms with Gasteiger partial charge < -0.3 is 9.88 Å². The first kappa shape index (κ1) is 12.2. The molecule has 1 rings (SSSR count). The number of aryl methyl sites for hydroxylation is 1. The summed E-state index contributed by atoms with van der Waals surface area (Å²) in [7, 11) is 1.84. The topological polar surface area (TPSA) is 83.6 Å². The van der Waals surface area contributed by atoms with Crippen molar-refractivity contribution < 1.29 is 4.79 Å². The van der Waals surface area contributed by atoms with Crippen LogP contribution in [0.1, 0.15) is 19.7 Å². The van der Waals surface area contributed by atoms with Crippen LogP contribution in [-0.4, -0.2) is 27.2 Å². The summed E-state index contributed by atoms with van der Waals surface area (Å²) >= 11 is 0. The lowest BCUT2D eigenvalue weighted by Gasteiger charge is -2.14. The van der Waals surface area contributed by atoms with Crippen LogP contribution in [0.4, 0.5) is 0 Å². The predicted octanol–water partition coefficient (Wildman–Crippen LogP) is 0.0236. The van der Waals surface area contributed by atoms with Gasteiger partial charge in [-0.3, -0.25) is 4.79 Å². The fourth-order valence-electron chi connectivity index (χ4n) is 1.09. The number of carbonyl (C=O) groups is 1. The van der Waals surface area contributed by atoms with E-state index in [2.05, 4.69) is 15.5 Å². The van der Waals surface area contributed by atoms with Gasteiger partial charge in [0, 0.05) is 20.0 Å². The number of nitrogens with zero attached hydrogens (tertiary/aromatic N) is 4. The molecule has 0 bridgehead atoms. The van der Waals surface area contributed by atoms with E-state index < -0.39 is 5.41 Å². The Kier molecular flexibility index (Phi) is 3.61. The van der Waals surface area contributed by atoms with Gasteiger partial charge in [-0.15, -0.1) is 10.2 Å². The summed E-state index contributed by atoms with van der Waals surface area (Å²) in [5.74, 6) is 0.534. The van der Waals surface area contributed by atoms with Crippen LogP contribution in [0.3, 0.4) is 0 Å². The second kappa shape index (κ2) is 4.75. The van der Waals surface area contributed by atoms with Gasteiger partial charge in [0.25, 0.3) is 0 Å². The minimum Gasteiger partial charge on any atom is -0.354 e. The van der Waals surface area contributed by atoms with Crippen molar-refractivity contribution in [2.45, 2.75) is 20.3 Å². The largest absolute Gasteiger partial charge is 0.354 e. The molecule has 0 spiro atoms. The van der Waals surface area contributed by atoms with Crippen LogP contribution in [0.5, 0.6) is 0 Å². The molecule has 0 atom stereocenters. The van der Waals surface area contributed by atoms with Gasteiger partial charge in [-0.05, 0) is 13.8 Å². The molecule has 6 heteroatoms. The average Bonchev–Trinajstić information content (AvgIpc) is 2.64. The third-order valence-electron chi connectivity index (χ3n) is 2.29. The summed E-state index contributed by atoms with van der Waals surface area (Å²) in [6.45, 7) is 3.63. The zero-order valence-electron chi connectivity index (χ0n) is 9.69. The van der Waals surface area contributed by atoms with Gasteiger partial charge in [-0.25, -0.2) is 0 Å². The summed E-state index contributed by atoms with van der Waals surface area (Å²) in [4.78, 5) is 11.5. The van der Waals surface area contributed by atoms with E-state index in [1.165, 1.54) is 0 Å². The van der Waals surface area contributed by atoms with E-state index in [4.69, 9.17) is 5.26 Å². The SMILES string of the molecule is Cn1cnnc1CCNC(=O)C(C)(C)C#N. The predicted molar refractivity (Wildman–Crippen MR) is 57.1 cm³/mol. The van der Waals surface area contributed by atoms with Crippen LogP contribution in [-0.2, 0) is 18.3 Å². The normalized spacial score (nSPS) is 10.9. The molecule has 0 aromatic carbocycles. The minimum absolute atomic E-state index is 0.267. The average molecular weight is 221 g/mol. The van der Waals surface area contributed by atoms with Gasteiger partial charge >= 0.3 is 0 Å². The van der Waals surface area contributed by atoms with Crippen LogP contribution in [0.15, 0.2) is 6.33 Å². The van der Waals surface area contributed by atoms with Crippen molar-refractivity contribution in [2.24, 2.45) is 12.5 Å². The lowest BCUT2D eigenvalue weighted by molar-refractivity contribution is -0.126. The number of rotatable bonds is 4. The number of amides is 1. The van der Waals surface area contributed by atoms with Gasteiger partial charge in [-0.1, -0.05) is 0 Å². The number of hydrogen-bond acceptors (Lipinski definition) is 4. The number of carbonyl (C=O) groups excluding carboxylic acids is 1. The maximum absolute atomic E-state index is 11.5. The Balaban J connectivity index is 2.41. The van der Waals surface area contributed by atoms with E-state index in [0.717, 1.165) is 5.82 Å². The zero-order valence-corrected chi connectivity index (χ0v) is 9.69. The van der Waals surface area contributed by atoms with Crippen LogP contribution < -0.4 is 5.32 Å². The van der Waals surface area contributed by atoms with Crippen molar-refractivity contribution in [1.29, 1.82) is 5.26 Å². The third-order valence-corrected chi connectivity index (χ3v) is 2.29. The van der Waals surface area contributed by atoms with Crippen molar-refractivity contribution in [3.8, 4) is 6.07 Å². The van der Waals surface area contributed by atoms with Crippen molar-refractivity contribution in [3.05, 3.63) is 12.2 Å². The lowest BCUT2D eigenvalue weighted by atomic mass is 9.95. The highest BCUT2D eigenvalue weighted by Gasteiger charge is 2.26. The lowest BCUT2D eigenvalue weighted by Crippen LogP contribution is -2.37. The Morgan fingerprint density at radius 1 is 1.69 bits per heavy atom. The van der Waals surface area contributed by atoms with Crippen LogP contribution in [0.25, 0.3) is 0 Å². The van der Waals surface area contributed by atoms with E-state index in [0.29, 0.717) is 13.0 Å². The number of nitriles is 1. The van der Waals surface area contributed by atoms with Crippen molar-refractivity contribution in [3.63, 3.8) is 0 Å². The molecule has 1 aromatic rings. The molecule has 1 aromatic heterocycles. The second-order valence-electron chi connectivity index (χ2n) is 4.10. The molecule has 0 radical (unpaired) electrons. The first-order valence-electron chi connectivity index (χ1n) is 5.00. The number of aromatic nitrogens is 3. The fourth-order valence-corrected chi connectivity index (χ4v) is 1.09. The highest BCUT2D eigenvalue weighted by Crippen LogP contribution is 2.12. The number of nitrogens with one attached hydrogen (secondary N) is 1. The molecule has 0 fully saturated rings. The van der Waals surface area contributed by atoms with Crippen molar-refractivity contribution in [1.82, 2.24) is 20.1 Å². The van der Waals surface area contributed by atoms with E-state index in [9.17, 15) is 4.79 Å². The van der Waals surface area contributed by atoms with E-state index >= 15 is 0 Å². The first-order valence-corrected chi connectivity index (χ1v) is 5.00. The number of hydrogen-bond donors (Lipinski definition) is 1. The monoisotopic (exact) mass is 221 g/mol. The van der Waals surface area contributed by atoms with Crippen molar-refractivity contribution >= 4 is 5.91 Å². The molecular weight excluding hydrogens is 206 g/mol. The van der Waals surface area contributed by atoms with Crippen LogP contribution in [0.2, 0.25) is 0 Å². The standard InChI is InChI=1S/C10H15N5O/c1-10(2,6-11)9(16)12-5-4-8-14-13-7-15(8)3/h7H,4-5H2,1-3H3,(H,12,16). The molecule has 0 saturated heterocycles. The molecule has 86 valence electrons. The molecule has 0 unspecified atom stereocenters. The van der Waals surface area contributed by atoms with Gasteiger partial charge in [0.05, 0.1) is 6.07 Å². The molecule has 6 nitrogen and oxygen atoms in total. The van der Waals surface area contributed by atoms with E-state index in [1.807, 2.05) is 13.1 Å². The summed E-state index contributed by atoms with van der Waals surface area (Å²) in [6.07, 6.45) is 2.21. The molecule has 0 aliphatic carbocycles. The maximum Gasteiger partial charge on any atom is 0.239 e. The van der Waals surface area contributed by atoms with Crippen molar-refractivity contribution in [2.75, 3.05) is 6.54 Å². The Labute approximate surface area is 94.3 Å². The van der Waals surface area contributed by atoms with E-state index in [1.54, 1.807) is 24.7 Å². The smallest absolute Gasteiger partial charge is 0.239 e. The summed E-state index contributed by atoms with van der Waals surface area (Å²) in [6, 6.07) is 1.95. The molecular formula is C10H15N5O. The Morgan fingerprint density at radius 2 is 2.38 bits per heavy atom. The Morgan fingerprint density at radius 3 is 2.88 bits per heavy atom. The molecule has 1 heterocycles. The summed E-state index contributed by atoms with van der Waals surface area (Å²) < 4.78 is 1.79. The van der Waals surface area contributed by atoms with Gasteiger partial charge in [-0.2, -0.15) is 5.26 Å². The van der Waals surface area contributed by atoms with Gasteiger partial charge in [0.2, 0.25) is 5.91 Å². The fraction of sp³-hybridized carbons (Fsp3) is 0.600. The van der Waals surface area contributed by atoms with E-state index in [-0.39, 0.29) is 5.91 Å². The van der Waals surface area contributed by atoms with Gasteiger partial charge in [0.15, 0.2) is 0 Å². The quantitative estimate of drug-likeness (QED) is 0.777. The summed E-state index contributed by atoms with van der Waals surface area (Å²) in [5, 5.41) is 19.1. The minimum atomic E-state index is -0.986. The second-order valence-corrected chi connectivity index (χ2v) is 4.10.